The van der Waals surface area contributed by atoms with E-state index in [0.29, 0.717) is 5.56 Å². The zero-order valence-corrected chi connectivity index (χ0v) is 12.1. The minimum atomic E-state index is -0.399. The summed E-state index contributed by atoms with van der Waals surface area (Å²) in [4.78, 5) is 13.3. The lowest BCUT2D eigenvalue weighted by Crippen LogP contribution is -2.12. The zero-order valence-electron chi connectivity index (χ0n) is 12.1. The minimum absolute atomic E-state index is 0.399. The molecule has 0 saturated carbocycles. The fourth-order valence-electron chi connectivity index (χ4n) is 2.69. The third-order valence-corrected chi connectivity index (χ3v) is 3.94. The number of rotatable bonds is 4. The summed E-state index contributed by atoms with van der Waals surface area (Å²) in [7, 11) is 2.13. The number of likely N-dealkylation sites (N-methyl/N-ethyl adjacent to an activating group) is 1. The molecule has 0 atom stereocenters. The topological polar surface area (TPSA) is 58.4 Å². The molecule has 1 aliphatic rings. The molecule has 0 saturated heterocycles. The Morgan fingerprint density at radius 2 is 2.00 bits per heavy atom. The fourth-order valence-corrected chi connectivity index (χ4v) is 2.69. The Kier molecular flexibility index (Phi) is 3.52. The molecule has 0 radical (unpaired) electrons. The van der Waals surface area contributed by atoms with E-state index in [1.807, 2.05) is 12.1 Å². The Balaban J connectivity index is 1.66. The highest BCUT2D eigenvalue weighted by molar-refractivity contribution is 5.93. The van der Waals surface area contributed by atoms with Gasteiger partial charge in [-0.2, -0.15) is 0 Å². The largest absolute Gasteiger partial charge is 0.381 e. The van der Waals surface area contributed by atoms with Crippen LogP contribution in [0.25, 0.3) is 0 Å². The Morgan fingerprint density at radius 1 is 1.24 bits per heavy atom. The van der Waals surface area contributed by atoms with E-state index in [0.717, 1.165) is 25.2 Å². The van der Waals surface area contributed by atoms with Crippen molar-refractivity contribution >= 4 is 17.3 Å². The molecule has 0 aromatic heterocycles. The van der Waals surface area contributed by atoms with E-state index in [1.54, 1.807) is 12.1 Å². The summed E-state index contributed by atoms with van der Waals surface area (Å²) in [5.74, 6) is -0.399. The fraction of sp³-hybridized carbons (Fsp3) is 0.235. The Labute approximate surface area is 124 Å². The molecule has 0 aliphatic carbocycles. The van der Waals surface area contributed by atoms with Gasteiger partial charge in [0.15, 0.2) is 0 Å². The SMILES string of the molecule is CN1CCc2cc(CNc3ccc(C(N)=O)cc3)ccc21. The van der Waals surface area contributed by atoms with Crippen LogP contribution in [0.4, 0.5) is 11.4 Å². The van der Waals surface area contributed by atoms with Crippen molar-refractivity contribution in [2.24, 2.45) is 5.73 Å². The van der Waals surface area contributed by atoms with Crippen LogP contribution < -0.4 is 16.0 Å². The average molecular weight is 281 g/mol. The van der Waals surface area contributed by atoms with Gasteiger partial charge in [-0.3, -0.25) is 4.79 Å². The second-order valence-corrected chi connectivity index (χ2v) is 5.43. The number of benzene rings is 2. The number of anilines is 2. The molecular weight excluding hydrogens is 262 g/mol. The lowest BCUT2D eigenvalue weighted by atomic mass is 10.1. The van der Waals surface area contributed by atoms with Gasteiger partial charge in [0, 0.05) is 37.1 Å². The normalized spacial score (nSPS) is 13.1. The van der Waals surface area contributed by atoms with Gasteiger partial charge < -0.3 is 16.0 Å². The second-order valence-electron chi connectivity index (χ2n) is 5.43. The maximum atomic E-state index is 11.0. The van der Waals surface area contributed by atoms with Gasteiger partial charge in [-0.1, -0.05) is 12.1 Å². The van der Waals surface area contributed by atoms with E-state index >= 15 is 0 Å². The Morgan fingerprint density at radius 3 is 2.71 bits per heavy atom. The van der Waals surface area contributed by atoms with Gasteiger partial charge in [-0.15, -0.1) is 0 Å². The first-order valence-electron chi connectivity index (χ1n) is 7.10. The highest BCUT2D eigenvalue weighted by atomic mass is 16.1. The molecule has 3 rings (SSSR count). The molecule has 108 valence electrons. The van der Waals surface area contributed by atoms with Crippen molar-refractivity contribution < 1.29 is 4.79 Å². The number of nitrogens with one attached hydrogen (secondary N) is 1. The summed E-state index contributed by atoms with van der Waals surface area (Å²) in [5, 5.41) is 3.36. The van der Waals surface area contributed by atoms with E-state index in [4.69, 9.17) is 5.73 Å². The van der Waals surface area contributed by atoms with Crippen molar-refractivity contribution in [2.45, 2.75) is 13.0 Å². The molecule has 4 heteroatoms. The number of hydrogen-bond acceptors (Lipinski definition) is 3. The van der Waals surface area contributed by atoms with Crippen molar-refractivity contribution in [3.8, 4) is 0 Å². The molecule has 4 nitrogen and oxygen atoms in total. The van der Waals surface area contributed by atoms with Crippen molar-refractivity contribution in [2.75, 3.05) is 23.8 Å². The van der Waals surface area contributed by atoms with Crippen LogP contribution in [-0.4, -0.2) is 19.5 Å². The molecule has 21 heavy (non-hydrogen) atoms. The standard InChI is InChI=1S/C17H19N3O/c1-20-9-8-14-10-12(2-7-16(14)20)11-19-15-5-3-13(4-6-15)17(18)21/h2-7,10,19H,8-9,11H2,1H3,(H2,18,21). The van der Waals surface area contributed by atoms with E-state index in [9.17, 15) is 4.79 Å². The molecule has 3 N–H and O–H groups in total. The minimum Gasteiger partial charge on any atom is -0.381 e. The smallest absolute Gasteiger partial charge is 0.248 e. The predicted molar refractivity (Wildman–Crippen MR) is 85.7 cm³/mol. The maximum absolute atomic E-state index is 11.0. The molecule has 1 heterocycles. The number of nitrogens with two attached hydrogens (primary N) is 1. The molecule has 2 aromatic rings. The lowest BCUT2D eigenvalue weighted by Gasteiger charge is -2.13. The highest BCUT2D eigenvalue weighted by Gasteiger charge is 2.15. The summed E-state index contributed by atoms with van der Waals surface area (Å²) >= 11 is 0. The highest BCUT2D eigenvalue weighted by Crippen LogP contribution is 2.27. The molecule has 1 aliphatic heterocycles. The number of fused-ring (bicyclic) bond motifs is 1. The first-order valence-corrected chi connectivity index (χ1v) is 7.10. The monoisotopic (exact) mass is 281 g/mol. The molecule has 0 spiro atoms. The number of nitrogens with zero attached hydrogens (tertiary/aromatic N) is 1. The number of carbonyl (C=O) groups excluding carboxylic acids is 1. The number of hydrogen-bond donors (Lipinski definition) is 2. The zero-order chi connectivity index (χ0) is 14.8. The maximum Gasteiger partial charge on any atom is 0.248 e. The Hall–Kier alpha value is -2.49. The number of amides is 1. The van der Waals surface area contributed by atoms with Crippen molar-refractivity contribution in [1.29, 1.82) is 0 Å². The summed E-state index contributed by atoms with van der Waals surface area (Å²) in [5.41, 5.74) is 10.8. The van der Waals surface area contributed by atoms with Crippen molar-refractivity contribution in [3.05, 3.63) is 59.2 Å². The van der Waals surface area contributed by atoms with Crippen LogP contribution >= 0.6 is 0 Å². The summed E-state index contributed by atoms with van der Waals surface area (Å²) in [6.07, 6.45) is 1.12. The lowest BCUT2D eigenvalue weighted by molar-refractivity contribution is 0.100. The van der Waals surface area contributed by atoms with E-state index in [1.165, 1.54) is 16.8 Å². The molecule has 0 fully saturated rings. The van der Waals surface area contributed by atoms with Gasteiger partial charge in [-0.25, -0.2) is 0 Å². The van der Waals surface area contributed by atoms with Gasteiger partial charge in [0.25, 0.3) is 0 Å². The van der Waals surface area contributed by atoms with Crippen LogP contribution in [0, 0.1) is 0 Å². The summed E-state index contributed by atoms with van der Waals surface area (Å²) in [6.45, 7) is 1.87. The van der Waals surface area contributed by atoms with Gasteiger partial charge in [-0.05, 0) is 47.9 Å². The number of primary amides is 1. The molecule has 0 bridgehead atoms. The molecule has 2 aromatic carbocycles. The molecular formula is C17H19N3O. The van der Waals surface area contributed by atoms with Crippen LogP contribution in [0.2, 0.25) is 0 Å². The first-order chi connectivity index (χ1) is 10.1. The van der Waals surface area contributed by atoms with Crippen molar-refractivity contribution in [3.63, 3.8) is 0 Å². The quantitative estimate of drug-likeness (QED) is 0.904. The second kappa shape index (κ2) is 5.48. The third kappa shape index (κ3) is 2.84. The van der Waals surface area contributed by atoms with Gasteiger partial charge in [0.05, 0.1) is 0 Å². The van der Waals surface area contributed by atoms with Crippen LogP contribution in [0.1, 0.15) is 21.5 Å². The van der Waals surface area contributed by atoms with Gasteiger partial charge in [0.1, 0.15) is 0 Å². The van der Waals surface area contributed by atoms with E-state index < -0.39 is 5.91 Å². The van der Waals surface area contributed by atoms with Crippen LogP contribution in [-0.2, 0) is 13.0 Å². The Bertz CT molecular complexity index is 664. The van der Waals surface area contributed by atoms with Crippen molar-refractivity contribution in [1.82, 2.24) is 0 Å². The van der Waals surface area contributed by atoms with E-state index in [-0.39, 0.29) is 0 Å². The first kappa shape index (κ1) is 13.5. The van der Waals surface area contributed by atoms with Crippen LogP contribution in [0.3, 0.4) is 0 Å². The number of carbonyl (C=O) groups is 1. The molecule has 1 amide bonds. The van der Waals surface area contributed by atoms with E-state index in [2.05, 4.69) is 35.5 Å². The average Bonchev–Trinajstić information content (AvgIpc) is 2.86. The van der Waals surface area contributed by atoms with Gasteiger partial charge in [0.2, 0.25) is 5.91 Å². The van der Waals surface area contributed by atoms with Crippen LogP contribution in [0.5, 0.6) is 0 Å². The molecule has 0 unspecified atom stereocenters. The van der Waals surface area contributed by atoms with Gasteiger partial charge >= 0.3 is 0 Å². The van der Waals surface area contributed by atoms with Crippen LogP contribution in [0.15, 0.2) is 42.5 Å². The third-order valence-electron chi connectivity index (χ3n) is 3.94. The predicted octanol–water partition coefficient (Wildman–Crippen LogP) is 2.39. The summed E-state index contributed by atoms with van der Waals surface area (Å²) < 4.78 is 0. The summed E-state index contributed by atoms with van der Waals surface area (Å²) in [6, 6.07) is 13.8.